The molecule has 1 aliphatic rings. The van der Waals surface area contributed by atoms with Crippen molar-refractivity contribution in [1.29, 1.82) is 0 Å². The Hall–Kier alpha value is -4.14. The lowest BCUT2D eigenvalue weighted by molar-refractivity contribution is -0.122. The first-order valence-corrected chi connectivity index (χ1v) is 9.52. The Labute approximate surface area is 171 Å². The molecule has 2 N–H and O–H groups in total. The zero-order chi connectivity index (χ0) is 20.5. The highest BCUT2D eigenvalue weighted by atomic mass is 16.2. The van der Waals surface area contributed by atoms with Gasteiger partial charge < -0.3 is 10.6 Å². The summed E-state index contributed by atoms with van der Waals surface area (Å²) >= 11 is 0. The summed E-state index contributed by atoms with van der Waals surface area (Å²) in [6.07, 6.45) is 2.60. The average molecular weight is 399 g/mol. The zero-order valence-electron chi connectivity index (χ0n) is 15.8. The van der Waals surface area contributed by atoms with E-state index in [1.807, 2.05) is 54.6 Å². The standard InChI is InChI=1S/C21H17N7O2/c29-19-11-9-17(24-19)21(30)23-14-6-4-13(5-7-14)15-8-10-18-25-26-20(28(18)27-15)16-3-1-2-12-22-16/h1-8,10,12,17H,9,11H2,(H,23,30)(H,24,29). The number of anilines is 1. The minimum Gasteiger partial charge on any atom is -0.344 e. The number of amides is 2. The van der Waals surface area contributed by atoms with Gasteiger partial charge in [-0.05, 0) is 42.8 Å². The van der Waals surface area contributed by atoms with Gasteiger partial charge in [-0.1, -0.05) is 18.2 Å². The molecule has 0 radical (unpaired) electrons. The van der Waals surface area contributed by atoms with E-state index in [1.165, 1.54) is 0 Å². The van der Waals surface area contributed by atoms with Gasteiger partial charge in [-0.15, -0.1) is 10.2 Å². The maximum atomic E-state index is 12.2. The van der Waals surface area contributed by atoms with E-state index in [9.17, 15) is 9.59 Å². The number of rotatable bonds is 4. The Kier molecular flexibility index (Phi) is 4.40. The predicted molar refractivity (Wildman–Crippen MR) is 109 cm³/mol. The van der Waals surface area contributed by atoms with Crippen LogP contribution in [0.2, 0.25) is 0 Å². The second-order valence-corrected chi connectivity index (χ2v) is 6.95. The molecule has 5 rings (SSSR count). The normalized spacial score (nSPS) is 15.9. The Bertz CT molecular complexity index is 1240. The number of benzene rings is 1. The molecule has 9 heteroatoms. The fourth-order valence-electron chi connectivity index (χ4n) is 3.36. The maximum absolute atomic E-state index is 12.2. The highest BCUT2D eigenvalue weighted by Crippen LogP contribution is 2.22. The molecule has 4 aromatic rings. The molecule has 1 unspecified atom stereocenters. The van der Waals surface area contributed by atoms with Gasteiger partial charge in [0.2, 0.25) is 17.6 Å². The van der Waals surface area contributed by atoms with Gasteiger partial charge in [0.05, 0.1) is 5.69 Å². The number of pyridine rings is 1. The van der Waals surface area contributed by atoms with Crippen LogP contribution >= 0.6 is 0 Å². The van der Waals surface area contributed by atoms with Crippen molar-refractivity contribution in [1.82, 2.24) is 30.1 Å². The first-order valence-electron chi connectivity index (χ1n) is 9.52. The van der Waals surface area contributed by atoms with E-state index in [0.717, 1.165) is 11.3 Å². The maximum Gasteiger partial charge on any atom is 0.246 e. The molecule has 0 saturated carbocycles. The van der Waals surface area contributed by atoms with Crippen molar-refractivity contribution in [2.24, 2.45) is 0 Å². The number of fused-ring (bicyclic) bond motifs is 1. The Balaban J connectivity index is 1.39. The number of nitrogens with zero attached hydrogens (tertiary/aromatic N) is 5. The molecule has 0 aliphatic carbocycles. The van der Waals surface area contributed by atoms with Gasteiger partial charge in [0.1, 0.15) is 11.7 Å². The molecule has 1 atom stereocenters. The summed E-state index contributed by atoms with van der Waals surface area (Å²) < 4.78 is 1.66. The monoisotopic (exact) mass is 399 g/mol. The third kappa shape index (κ3) is 3.37. The van der Waals surface area contributed by atoms with Gasteiger partial charge in [0.25, 0.3) is 0 Å². The second-order valence-electron chi connectivity index (χ2n) is 6.95. The van der Waals surface area contributed by atoms with E-state index in [0.29, 0.717) is 35.7 Å². The van der Waals surface area contributed by atoms with Crippen LogP contribution in [0.3, 0.4) is 0 Å². The molecule has 1 aromatic carbocycles. The van der Waals surface area contributed by atoms with Gasteiger partial charge in [0, 0.05) is 23.9 Å². The lowest BCUT2D eigenvalue weighted by Crippen LogP contribution is -2.37. The van der Waals surface area contributed by atoms with Crippen LogP contribution < -0.4 is 10.6 Å². The molecule has 1 aliphatic heterocycles. The number of hydrogen-bond acceptors (Lipinski definition) is 6. The van der Waals surface area contributed by atoms with Crippen LogP contribution in [0.4, 0.5) is 5.69 Å². The third-order valence-corrected chi connectivity index (χ3v) is 4.92. The Morgan fingerprint density at radius 3 is 2.63 bits per heavy atom. The van der Waals surface area contributed by atoms with Gasteiger partial charge in [0.15, 0.2) is 5.65 Å². The molecule has 1 fully saturated rings. The SMILES string of the molecule is O=C1CCC(C(=O)Nc2ccc(-c3ccc4nnc(-c5ccccn5)n4n3)cc2)N1. The van der Waals surface area contributed by atoms with Crippen LogP contribution in [0.1, 0.15) is 12.8 Å². The first kappa shape index (κ1) is 17.9. The molecule has 3 aromatic heterocycles. The quantitative estimate of drug-likeness (QED) is 0.543. The fraction of sp³-hybridized carbons (Fsp3) is 0.143. The highest BCUT2D eigenvalue weighted by Gasteiger charge is 2.27. The molecular weight excluding hydrogens is 382 g/mol. The van der Waals surface area contributed by atoms with E-state index in [-0.39, 0.29) is 11.8 Å². The smallest absolute Gasteiger partial charge is 0.246 e. The number of hydrogen-bond donors (Lipinski definition) is 2. The molecular formula is C21H17N7O2. The molecule has 2 amide bonds. The Morgan fingerprint density at radius 2 is 1.90 bits per heavy atom. The van der Waals surface area contributed by atoms with Crippen LogP contribution in [0.25, 0.3) is 28.4 Å². The van der Waals surface area contributed by atoms with Crippen molar-refractivity contribution in [2.45, 2.75) is 18.9 Å². The zero-order valence-corrected chi connectivity index (χ0v) is 15.8. The topological polar surface area (TPSA) is 114 Å². The van der Waals surface area contributed by atoms with Crippen molar-refractivity contribution in [3.63, 3.8) is 0 Å². The lowest BCUT2D eigenvalue weighted by atomic mass is 10.1. The summed E-state index contributed by atoms with van der Waals surface area (Å²) in [5, 5.41) is 18.5. The van der Waals surface area contributed by atoms with Crippen molar-refractivity contribution in [2.75, 3.05) is 5.32 Å². The minimum absolute atomic E-state index is 0.0916. The van der Waals surface area contributed by atoms with Gasteiger partial charge >= 0.3 is 0 Å². The second kappa shape index (κ2) is 7.36. The summed E-state index contributed by atoms with van der Waals surface area (Å²) in [5.41, 5.74) is 3.59. The van der Waals surface area contributed by atoms with Gasteiger partial charge in [-0.2, -0.15) is 9.61 Å². The van der Waals surface area contributed by atoms with Crippen LogP contribution in [-0.4, -0.2) is 42.7 Å². The molecule has 0 bridgehead atoms. The van der Waals surface area contributed by atoms with Crippen LogP contribution in [0.5, 0.6) is 0 Å². The van der Waals surface area contributed by atoms with E-state index in [4.69, 9.17) is 0 Å². The summed E-state index contributed by atoms with van der Waals surface area (Å²) in [5.74, 6) is 0.263. The van der Waals surface area contributed by atoms with Crippen molar-refractivity contribution in [3.8, 4) is 22.8 Å². The molecule has 0 spiro atoms. The van der Waals surface area contributed by atoms with E-state index in [2.05, 4.69) is 30.9 Å². The molecule has 4 heterocycles. The summed E-state index contributed by atoms with van der Waals surface area (Å²) in [6.45, 7) is 0. The third-order valence-electron chi connectivity index (χ3n) is 4.92. The largest absolute Gasteiger partial charge is 0.344 e. The van der Waals surface area contributed by atoms with E-state index >= 15 is 0 Å². The van der Waals surface area contributed by atoms with Crippen LogP contribution in [0.15, 0.2) is 60.8 Å². The number of aromatic nitrogens is 5. The molecule has 1 saturated heterocycles. The summed E-state index contributed by atoms with van der Waals surface area (Å²) in [4.78, 5) is 27.9. The fourth-order valence-corrected chi connectivity index (χ4v) is 3.36. The molecule has 30 heavy (non-hydrogen) atoms. The van der Waals surface area contributed by atoms with Crippen molar-refractivity contribution in [3.05, 3.63) is 60.8 Å². The first-order chi connectivity index (χ1) is 14.7. The minimum atomic E-state index is -0.472. The lowest BCUT2D eigenvalue weighted by Gasteiger charge is -2.11. The predicted octanol–water partition coefficient (Wildman–Crippen LogP) is 2.07. The molecule has 9 nitrogen and oxygen atoms in total. The number of carbonyl (C=O) groups is 2. The summed E-state index contributed by atoms with van der Waals surface area (Å²) in [7, 11) is 0. The summed E-state index contributed by atoms with van der Waals surface area (Å²) in [6, 6.07) is 16.2. The van der Waals surface area contributed by atoms with Gasteiger partial charge in [-0.25, -0.2) is 0 Å². The Morgan fingerprint density at radius 1 is 1.03 bits per heavy atom. The highest BCUT2D eigenvalue weighted by molar-refractivity contribution is 5.99. The van der Waals surface area contributed by atoms with Crippen LogP contribution in [0, 0.1) is 0 Å². The molecule has 148 valence electrons. The number of nitrogens with one attached hydrogen (secondary N) is 2. The average Bonchev–Trinajstić information content (AvgIpc) is 3.41. The van der Waals surface area contributed by atoms with E-state index < -0.39 is 6.04 Å². The number of carbonyl (C=O) groups excluding carboxylic acids is 2. The van der Waals surface area contributed by atoms with Crippen LogP contribution in [-0.2, 0) is 9.59 Å². The van der Waals surface area contributed by atoms with Crippen molar-refractivity contribution < 1.29 is 9.59 Å². The van der Waals surface area contributed by atoms with E-state index in [1.54, 1.807) is 10.7 Å². The van der Waals surface area contributed by atoms with Gasteiger partial charge in [-0.3, -0.25) is 14.6 Å². The van der Waals surface area contributed by atoms with Crippen molar-refractivity contribution >= 4 is 23.1 Å².